The molecule has 0 bridgehead atoms. The Kier molecular flexibility index (Phi) is 4.28. The Hall–Kier alpha value is -0.810. The molecule has 0 aromatic heterocycles. The zero-order valence-electron chi connectivity index (χ0n) is 11.9. The van der Waals surface area contributed by atoms with Gasteiger partial charge in [-0.05, 0) is 47.5 Å². The van der Waals surface area contributed by atoms with Crippen molar-refractivity contribution in [2.75, 3.05) is 6.54 Å². The lowest BCUT2D eigenvalue weighted by molar-refractivity contribution is -0.0965. The number of hydrogen-bond acceptors (Lipinski definition) is 4. The number of carbonyl (C=O) groups excluding carboxylic acids is 1. The van der Waals surface area contributed by atoms with Crippen LogP contribution in [0.15, 0.2) is 0 Å². The normalized spacial score (nSPS) is 26.1. The molecule has 0 unspecified atom stereocenters. The number of hydrogen-bond donors (Lipinski definition) is 2. The van der Waals surface area contributed by atoms with Crippen molar-refractivity contribution in [3.8, 4) is 0 Å². The van der Waals surface area contributed by atoms with E-state index in [-0.39, 0.29) is 0 Å². The van der Waals surface area contributed by atoms with E-state index < -0.39 is 29.4 Å². The number of ether oxygens (including phenoxy) is 1. The first-order chi connectivity index (χ1) is 8.02. The molecule has 1 heterocycles. The summed E-state index contributed by atoms with van der Waals surface area (Å²) in [5, 5.41) is 20.1. The monoisotopic (exact) mass is 259 g/mol. The van der Waals surface area contributed by atoms with Crippen molar-refractivity contribution in [2.24, 2.45) is 0 Å². The van der Waals surface area contributed by atoms with Crippen LogP contribution in [0.2, 0.25) is 0 Å². The summed E-state index contributed by atoms with van der Waals surface area (Å²) in [5.41, 5.74) is -1.74. The van der Waals surface area contributed by atoms with Gasteiger partial charge < -0.3 is 14.9 Å². The molecule has 0 aliphatic carbocycles. The Morgan fingerprint density at radius 1 is 1.28 bits per heavy atom. The molecule has 106 valence electrons. The molecule has 0 spiro atoms. The summed E-state index contributed by atoms with van der Waals surface area (Å²) in [6.45, 7) is 9.09. The number of aliphatic hydroxyl groups excluding tert-OH is 1. The van der Waals surface area contributed by atoms with Crippen LogP contribution in [-0.2, 0) is 4.74 Å². The number of carbonyl (C=O) groups is 1. The first-order valence-corrected chi connectivity index (χ1v) is 6.42. The van der Waals surface area contributed by atoms with Gasteiger partial charge in [-0.15, -0.1) is 0 Å². The van der Waals surface area contributed by atoms with E-state index in [0.29, 0.717) is 19.4 Å². The fourth-order valence-electron chi connectivity index (χ4n) is 2.35. The molecule has 5 heteroatoms. The van der Waals surface area contributed by atoms with Crippen LogP contribution >= 0.6 is 0 Å². The number of rotatable bonds is 1. The first-order valence-electron chi connectivity index (χ1n) is 6.42. The van der Waals surface area contributed by atoms with Gasteiger partial charge in [0.05, 0.1) is 17.7 Å². The Labute approximate surface area is 109 Å². The predicted octanol–water partition coefficient (Wildman–Crippen LogP) is 1.52. The minimum Gasteiger partial charge on any atom is -0.444 e. The molecule has 0 aromatic rings. The van der Waals surface area contributed by atoms with Crippen molar-refractivity contribution in [3.63, 3.8) is 0 Å². The van der Waals surface area contributed by atoms with Crippen LogP contribution in [-0.4, -0.2) is 51.1 Å². The lowest BCUT2D eigenvalue weighted by atomic mass is 9.87. The molecular formula is C13H25NO4. The quantitative estimate of drug-likeness (QED) is 0.749. The molecule has 1 rings (SSSR count). The van der Waals surface area contributed by atoms with Gasteiger partial charge in [0.15, 0.2) is 0 Å². The van der Waals surface area contributed by atoms with Crippen LogP contribution < -0.4 is 0 Å². The highest BCUT2D eigenvalue weighted by atomic mass is 16.6. The molecule has 1 saturated heterocycles. The average Bonchev–Trinajstić information content (AvgIpc) is 2.12. The summed E-state index contributed by atoms with van der Waals surface area (Å²) in [4.78, 5) is 13.5. The summed E-state index contributed by atoms with van der Waals surface area (Å²) in [7, 11) is 0. The molecular weight excluding hydrogens is 234 g/mol. The smallest absolute Gasteiger partial charge is 0.410 e. The van der Waals surface area contributed by atoms with Crippen molar-refractivity contribution < 1.29 is 19.7 Å². The van der Waals surface area contributed by atoms with Gasteiger partial charge in [0.25, 0.3) is 0 Å². The number of likely N-dealkylation sites (tertiary alicyclic amines) is 1. The average molecular weight is 259 g/mol. The summed E-state index contributed by atoms with van der Waals surface area (Å²) >= 11 is 0. The van der Waals surface area contributed by atoms with E-state index in [9.17, 15) is 15.0 Å². The summed E-state index contributed by atoms with van der Waals surface area (Å²) < 4.78 is 5.32. The minimum atomic E-state index is -1.16. The predicted molar refractivity (Wildman–Crippen MR) is 68.3 cm³/mol. The molecule has 1 fully saturated rings. The van der Waals surface area contributed by atoms with Crippen LogP contribution in [0, 0.1) is 0 Å². The molecule has 0 aromatic carbocycles. The third-order valence-electron chi connectivity index (χ3n) is 2.95. The largest absolute Gasteiger partial charge is 0.444 e. The molecule has 1 aliphatic rings. The minimum absolute atomic E-state index is 0.478. The topological polar surface area (TPSA) is 70.0 Å². The van der Waals surface area contributed by atoms with Crippen LogP contribution in [0.4, 0.5) is 4.79 Å². The lowest BCUT2D eigenvalue weighted by Gasteiger charge is -2.45. The molecule has 2 N–H and O–H groups in total. The SMILES string of the molecule is CC(C)(C)OC(=O)N1CCC[C@H](O)[C@H]1C(C)(C)O. The highest BCUT2D eigenvalue weighted by Gasteiger charge is 2.43. The Morgan fingerprint density at radius 3 is 2.28 bits per heavy atom. The van der Waals surface area contributed by atoms with Gasteiger partial charge in [-0.25, -0.2) is 4.79 Å². The Morgan fingerprint density at radius 2 is 1.83 bits per heavy atom. The molecule has 0 radical (unpaired) electrons. The van der Waals surface area contributed by atoms with Gasteiger partial charge in [0, 0.05) is 6.54 Å². The van der Waals surface area contributed by atoms with Crippen molar-refractivity contribution in [2.45, 2.75) is 70.8 Å². The van der Waals surface area contributed by atoms with E-state index in [2.05, 4.69) is 0 Å². The lowest BCUT2D eigenvalue weighted by Crippen LogP contribution is -2.61. The molecule has 18 heavy (non-hydrogen) atoms. The van der Waals surface area contributed by atoms with E-state index in [1.165, 1.54) is 4.90 Å². The number of nitrogens with zero attached hydrogens (tertiary/aromatic N) is 1. The van der Waals surface area contributed by atoms with Crippen molar-refractivity contribution >= 4 is 6.09 Å². The highest BCUT2D eigenvalue weighted by Crippen LogP contribution is 2.28. The van der Waals surface area contributed by atoms with E-state index in [4.69, 9.17) is 4.74 Å². The van der Waals surface area contributed by atoms with Crippen molar-refractivity contribution in [3.05, 3.63) is 0 Å². The van der Waals surface area contributed by atoms with E-state index in [0.717, 1.165) is 0 Å². The van der Waals surface area contributed by atoms with Gasteiger partial charge in [-0.3, -0.25) is 4.90 Å². The van der Waals surface area contributed by atoms with Gasteiger partial charge in [-0.2, -0.15) is 0 Å². The van der Waals surface area contributed by atoms with Crippen LogP contribution in [0.5, 0.6) is 0 Å². The number of piperidine rings is 1. The van der Waals surface area contributed by atoms with Crippen molar-refractivity contribution in [1.29, 1.82) is 0 Å². The molecule has 0 saturated carbocycles. The van der Waals surface area contributed by atoms with E-state index in [1.807, 2.05) is 0 Å². The van der Waals surface area contributed by atoms with E-state index in [1.54, 1.807) is 34.6 Å². The Balaban J connectivity index is 2.87. The third kappa shape index (κ3) is 3.85. The zero-order chi connectivity index (χ0) is 14.1. The number of amides is 1. The molecule has 5 nitrogen and oxygen atoms in total. The van der Waals surface area contributed by atoms with E-state index >= 15 is 0 Å². The summed E-state index contributed by atoms with van der Waals surface area (Å²) in [5.74, 6) is 0. The maximum atomic E-state index is 12.1. The van der Waals surface area contributed by atoms with Gasteiger partial charge in [0.2, 0.25) is 0 Å². The maximum absolute atomic E-state index is 12.1. The van der Waals surface area contributed by atoms with Crippen molar-refractivity contribution in [1.82, 2.24) is 4.90 Å². The fourth-order valence-corrected chi connectivity index (χ4v) is 2.35. The highest BCUT2D eigenvalue weighted by molar-refractivity contribution is 5.69. The fraction of sp³-hybridized carbons (Fsp3) is 0.923. The van der Waals surface area contributed by atoms with Gasteiger partial charge >= 0.3 is 6.09 Å². The van der Waals surface area contributed by atoms with Gasteiger partial charge in [0.1, 0.15) is 5.60 Å². The molecule has 1 amide bonds. The Bertz CT molecular complexity index is 303. The summed E-state index contributed by atoms with van der Waals surface area (Å²) in [6.07, 6.45) is 0.112. The van der Waals surface area contributed by atoms with Gasteiger partial charge in [-0.1, -0.05) is 0 Å². The zero-order valence-corrected chi connectivity index (χ0v) is 11.9. The van der Waals surface area contributed by atoms with Crippen LogP contribution in [0.1, 0.15) is 47.5 Å². The second-order valence-electron chi connectivity index (χ2n) is 6.48. The van der Waals surface area contributed by atoms with Crippen LogP contribution in [0.3, 0.4) is 0 Å². The second-order valence-corrected chi connectivity index (χ2v) is 6.48. The molecule has 2 atom stereocenters. The maximum Gasteiger partial charge on any atom is 0.410 e. The third-order valence-corrected chi connectivity index (χ3v) is 2.95. The summed E-state index contributed by atoms with van der Waals surface area (Å²) in [6, 6.07) is -0.624. The molecule has 1 aliphatic heterocycles. The first kappa shape index (κ1) is 15.2. The van der Waals surface area contributed by atoms with Crippen LogP contribution in [0.25, 0.3) is 0 Å². The standard InChI is InChI=1S/C13H25NO4/c1-12(2,3)18-11(16)14-8-6-7-9(15)10(14)13(4,5)17/h9-10,15,17H,6-8H2,1-5H3/t9-,10-/m0/s1. The number of aliphatic hydroxyl groups is 2. The second kappa shape index (κ2) is 5.05.